The van der Waals surface area contributed by atoms with Crippen molar-refractivity contribution in [3.8, 4) is 0 Å². The van der Waals surface area contributed by atoms with E-state index in [1.807, 2.05) is 19.5 Å². The second kappa shape index (κ2) is 8.47. The molecule has 1 aliphatic rings. The van der Waals surface area contributed by atoms with Gasteiger partial charge in [0, 0.05) is 25.1 Å². The van der Waals surface area contributed by atoms with Gasteiger partial charge in [-0.1, -0.05) is 6.42 Å². The van der Waals surface area contributed by atoms with Crippen molar-refractivity contribution in [3.05, 3.63) is 62.3 Å². The van der Waals surface area contributed by atoms with Crippen molar-refractivity contribution in [2.24, 2.45) is 0 Å². The standard InChI is InChI=1S/C22H26N4O2S/c1-25(2)19(16-9-11-29-14-16)13-23-21(27)15-7-8-17-18(12-15)24-20-6-4-3-5-10-26(20)22(17)28/h7-9,11-12,14,19H,3-6,10,13H2,1-2H3,(H,23,27)/t19-/m1/s1. The summed E-state index contributed by atoms with van der Waals surface area (Å²) in [5.41, 5.74) is 2.34. The minimum absolute atomic E-state index is 0.00369. The molecule has 0 radical (unpaired) electrons. The van der Waals surface area contributed by atoms with Gasteiger partial charge in [-0.15, -0.1) is 0 Å². The van der Waals surface area contributed by atoms with Gasteiger partial charge in [-0.2, -0.15) is 11.3 Å². The van der Waals surface area contributed by atoms with E-state index in [0.29, 0.717) is 23.0 Å². The Morgan fingerprint density at radius 2 is 2.14 bits per heavy atom. The van der Waals surface area contributed by atoms with Crippen LogP contribution in [0.15, 0.2) is 39.8 Å². The van der Waals surface area contributed by atoms with E-state index in [1.165, 1.54) is 5.56 Å². The zero-order valence-electron chi connectivity index (χ0n) is 16.9. The van der Waals surface area contributed by atoms with Gasteiger partial charge >= 0.3 is 0 Å². The van der Waals surface area contributed by atoms with Crippen LogP contribution in [0.25, 0.3) is 10.9 Å². The van der Waals surface area contributed by atoms with Gasteiger partial charge in [0.25, 0.3) is 11.5 Å². The van der Waals surface area contributed by atoms with Crippen molar-refractivity contribution >= 4 is 28.1 Å². The van der Waals surface area contributed by atoms with Crippen LogP contribution in [0.2, 0.25) is 0 Å². The third-order valence-corrected chi connectivity index (χ3v) is 6.29. The molecule has 0 unspecified atom stereocenters. The van der Waals surface area contributed by atoms with Gasteiger partial charge in [-0.05, 0) is 67.5 Å². The molecule has 1 N–H and O–H groups in total. The number of carbonyl (C=O) groups excluding carboxylic acids is 1. The van der Waals surface area contributed by atoms with Crippen molar-refractivity contribution in [1.82, 2.24) is 19.8 Å². The summed E-state index contributed by atoms with van der Waals surface area (Å²) in [5, 5.41) is 7.77. The Bertz CT molecular complexity index is 1070. The molecular formula is C22H26N4O2S. The molecule has 1 aliphatic heterocycles. The maximum Gasteiger partial charge on any atom is 0.261 e. The number of thiophene rings is 1. The third-order valence-electron chi connectivity index (χ3n) is 5.59. The number of hydrogen-bond acceptors (Lipinski definition) is 5. The Kier molecular flexibility index (Phi) is 5.78. The monoisotopic (exact) mass is 410 g/mol. The number of aromatic nitrogens is 2. The molecule has 7 heteroatoms. The van der Waals surface area contributed by atoms with Crippen molar-refractivity contribution in [1.29, 1.82) is 0 Å². The number of fused-ring (bicyclic) bond motifs is 2. The van der Waals surface area contributed by atoms with Crippen LogP contribution in [0.5, 0.6) is 0 Å². The van der Waals surface area contributed by atoms with Crippen LogP contribution in [0, 0.1) is 0 Å². The van der Waals surface area contributed by atoms with E-state index in [9.17, 15) is 9.59 Å². The molecule has 0 bridgehead atoms. The smallest absolute Gasteiger partial charge is 0.261 e. The lowest BCUT2D eigenvalue weighted by Gasteiger charge is -2.24. The van der Waals surface area contributed by atoms with Crippen LogP contribution in [-0.2, 0) is 13.0 Å². The van der Waals surface area contributed by atoms with Gasteiger partial charge in [-0.3, -0.25) is 14.2 Å². The maximum atomic E-state index is 12.8. The minimum Gasteiger partial charge on any atom is -0.350 e. The number of aryl methyl sites for hydroxylation is 1. The first-order valence-electron chi connectivity index (χ1n) is 10.0. The van der Waals surface area contributed by atoms with Crippen LogP contribution in [-0.4, -0.2) is 41.0 Å². The number of benzene rings is 1. The molecule has 1 aromatic carbocycles. The van der Waals surface area contributed by atoms with Crippen molar-refractivity contribution in [3.63, 3.8) is 0 Å². The van der Waals surface area contributed by atoms with E-state index in [2.05, 4.69) is 21.7 Å². The molecule has 6 nitrogen and oxygen atoms in total. The number of nitrogens with zero attached hydrogens (tertiary/aromatic N) is 3. The molecule has 29 heavy (non-hydrogen) atoms. The van der Waals surface area contributed by atoms with Crippen LogP contribution in [0.1, 0.15) is 47.1 Å². The summed E-state index contributed by atoms with van der Waals surface area (Å²) in [6.07, 6.45) is 3.99. The molecule has 3 aromatic rings. The average Bonchev–Trinajstić information content (AvgIpc) is 3.12. The Balaban J connectivity index is 1.57. The molecule has 1 amide bonds. The summed E-state index contributed by atoms with van der Waals surface area (Å²) in [7, 11) is 4.02. The molecule has 0 aliphatic carbocycles. The molecule has 0 saturated carbocycles. The zero-order valence-corrected chi connectivity index (χ0v) is 17.7. The van der Waals surface area contributed by atoms with Gasteiger partial charge in [0.15, 0.2) is 0 Å². The lowest BCUT2D eigenvalue weighted by Crippen LogP contribution is -2.34. The highest BCUT2D eigenvalue weighted by molar-refractivity contribution is 7.07. The van der Waals surface area contributed by atoms with Crippen molar-refractivity contribution in [2.75, 3.05) is 20.6 Å². The molecule has 0 fully saturated rings. The first kappa shape index (κ1) is 19.8. The Morgan fingerprint density at radius 1 is 1.28 bits per heavy atom. The van der Waals surface area contributed by atoms with Gasteiger partial charge in [0.1, 0.15) is 5.82 Å². The predicted molar refractivity (Wildman–Crippen MR) is 117 cm³/mol. The summed E-state index contributed by atoms with van der Waals surface area (Å²) in [4.78, 5) is 32.4. The number of nitrogens with one attached hydrogen (secondary N) is 1. The largest absolute Gasteiger partial charge is 0.350 e. The van der Waals surface area contributed by atoms with Crippen molar-refractivity contribution in [2.45, 2.75) is 38.3 Å². The fourth-order valence-electron chi connectivity index (χ4n) is 3.91. The average molecular weight is 411 g/mol. The molecule has 0 spiro atoms. The Hall–Kier alpha value is -2.51. The van der Waals surface area contributed by atoms with Crippen LogP contribution >= 0.6 is 11.3 Å². The van der Waals surface area contributed by atoms with Crippen LogP contribution in [0.3, 0.4) is 0 Å². The second-order valence-electron chi connectivity index (χ2n) is 7.77. The molecule has 4 rings (SSSR count). The topological polar surface area (TPSA) is 67.2 Å². The highest BCUT2D eigenvalue weighted by Gasteiger charge is 2.18. The molecule has 152 valence electrons. The summed E-state index contributed by atoms with van der Waals surface area (Å²) < 4.78 is 1.80. The van der Waals surface area contributed by atoms with Gasteiger partial charge in [-0.25, -0.2) is 4.98 Å². The lowest BCUT2D eigenvalue weighted by molar-refractivity contribution is 0.0942. The maximum absolute atomic E-state index is 12.8. The fraction of sp³-hybridized carbons (Fsp3) is 0.409. The van der Waals surface area contributed by atoms with Crippen LogP contribution < -0.4 is 10.9 Å². The molecular weight excluding hydrogens is 384 g/mol. The molecule has 1 atom stereocenters. The molecule has 0 saturated heterocycles. The van der Waals surface area contributed by atoms with Gasteiger partial charge in [0.05, 0.1) is 16.9 Å². The predicted octanol–water partition coefficient (Wildman–Crippen LogP) is 3.22. The zero-order chi connectivity index (χ0) is 20.4. The first-order chi connectivity index (χ1) is 14.0. The highest BCUT2D eigenvalue weighted by atomic mass is 32.1. The van der Waals surface area contributed by atoms with Crippen molar-refractivity contribution < 1.29 is 4.79 Å². The summed E-state index contributed by atoms with van der Waals surface area (Å²) >= 11 is 1.65. The summed E-state index contributed by atoms with van der Waals surface area (Å²) in [6, 6.07) is 7.40. The molecule has 2 aromatic heterocycles. The van der Waals surface area contributed by atoms with E-state index in [4.69, 9.17) is 4.98 Å². The number of hydrogen-bond donors (Lipinski definition) is 1. The van der Waals surface area contributed by atoms with E-state index < -0.39 is 0 Å². The quantitative estimate of drug-likeness (QED) is 0.701. The summed E-state index contributed by atoms with van der Waals surface area (Å²) in [6.45, 7) is 1.24. The number of likely N-dealkylation sites (N-methyl/N-ethyl adjacent to an activating group) is 1. The number of rotatable bonds is 5. The minimum atomic E-state index is -0.147. The van der Waals surface area contributed by atoms with Gasteiger partial charge < -0.3 is 10.2 Å². The first-order valence-corrected chi connectivity index (χ1v) is 11.0. The Labute approximate surface area is 174 Å². The number of carbonyl (C=O) groups is 1. The van der Waals surface area contributed by atoms with Gasteiger partial charge in [0.2, 0.25) is 0 Å². The SMILES string of the molecule is CN(C)[C@H](CNC(=O)c1ccc2c(=O)n3c(nc2c1)CCCCC3)c1ccsc1. The lowest BCUT2D eigenvalue weighted by atomic mass is 10.1. The highest BCUT2D eigenvalue weighted by Crippen LogP contribution is 2.20. The summed E-state index contributed by atoms with van der Waals surface area (Å²) in [5.74, 6) is 0.688. The second-order valence-corrected chi connectivity index (χ2v) is 8.55. The van der Waals surface area contributed by atoms with E-state index in [-0.39, 0.29) is 17.5 Å². The van der Waals surface area contributed by atoms with E-state index in [1.54, 1.807) is 34.1 Å². The van der Waals surface area contributed by atoms with E-state index in [0.717, 1.165) is 38.1 Å². The normalized spacial score (nSPS) is 15.1. The van der Waals surface area contributed by atoms with Crippen LogP contribution in [0.4, 0.5) is 0 Å². The Morgan fingerprint density at radius 3 is 2.90 bits per heavy atom. The third kappa shape index (κ3) is 4.11. The molecule has 3 heterocycles. The number of amides is 1. The van der Waals surface area contributed by atoms with E-state index >= 15 is 0 Å². The fourth-order valence-corrected chi connectivity index (χ4v) is 4.62.